The van der Waals surface area contributed by atoms with Gasteiger partial charge in [-0.2, -0.15) is 0 Å². The number of esters is 1. The van der Waals surface area contributed by atoms with Gasteiger partial charge in [0.25, 0.3) is 5.91 Å². The molecule has 1 aromatic rings. The minimum atomic E-state index is -0.708. The lowest BCUT2D eigenvalue weighted by atomic mass is 10.1. The van der Waals surface area contributed by atoms with E-state index in [1.807, 2.05) is 26.0 Å². The highest BCUT2D eigenvalue weighted by molar-refractivity contribution is 5.84. The number of fused-ring (bicyclic) bond motifs is 1. The average molecular weight is 405 g/mol. The first-order valence-electron chi connectivity index (χ1n) is 9.71. The minimum absolute atomic E-state index is 0.0967. The van der Waals surface area contributed by atoms with Crippen LogP contribution in [0, 0.1) is 5.92 Å². The Labute approximate surface area is 169 Å². The van der Waals surface area contributed by atoms with Crippen molar-refractivity contribution in [3.63, 3.8) is 0 Å². The van der Waals surface area contributed by atoms with Gasteiger partial charge < -0.3 is 29.3 Å². The van der Waals surface area contributed by atoms with Crippen molar-refractivity contribution in [3.8, 4) is 11.5 Å². The first-order chi connectivity index (χ1) is 13.9. The maximum atomic E-state index is 12.8. The van der Waals surface area contributed by atoms with Crippen LogP contribution in [-0.2, 0) is 14.3 Å². The molecule has 0 aromatic heterocycles. The number of para-hydroxylation sites is 2. The molecule has 29 heavy (non-hydrogen) atoms. The van der Waals surface area contributed by atoms with Crippen LogP contribution >= 0.6 is 0 Å². The summed E-state index contributed by atoms with van der Waals surface area (Å²) >= 11 is 0. The van der Waals surface area contributed by atoms with E-state index in [1.54, 1.807) is 21.9 Å². The molecule has 0 radical (unpaired) electrons. The van der Waals surface area contributed by atoms with E-state index in [2.05, 4.69) is 5.32 Å². The molecule has 9 heteroatoms. The summed E-state index contributed by atoms with van der Waals surface area (Å²) in [5, 5.41) is 2.72. The Kier molecular flexibility index (Phi) is 6.46. The number of hydrogen-bond acceptors (Lipinski definition) is 6. The van der Waals surface area contributed by atoms with Crippen molar-refractivity contribution in [2.45, 2.75) is 26.0 Å². The Morgan fingerprint density at radius 1 is 1.07 bits per heavy atom. The Morgan fingerprint density at radius 3 is 2.31 bits per heavy atom. The molecule has 9 nitrogen and oxygen atoms in total. The van der Waals surface area contributed by atoms with Crippen LogP contribution < -0.4 is 14.8 Å². The van der Waals surface area contributed by atoms with E-state index >= 15 is 0 Å². The van der Waals surface area contributed by atoms with E-state index in [0.717, 1.165) is 0 Å². The van der Waals surface area contributed by atoms with Gasteiger partial charge in [0.05, 0.1) is 7.11 Å². The quantitative estimate of drug-likeness (QED) is 0.747. The smallest absolute Gasteiger partial charge is 0.328 e. The topological polar surface area (TPSA) is 97.4 Å². The van der Waals surface area contributed by atoms with Gasteiger partial charge in [0.1, 0.15) is 12.6 Å². The van der Waals surface area contributed by atoms with Crippen molar-refractivity contribution in [1.29, 1.82) is 0 Å². The second kappa shape index (κ2) is 9.02. The number of benzene rings is 1. The molecule has 2 heterocycles. The highest BCUT2D eigenvalue weighted by Crippen LogP contribution is 2.31. The fourth-order valence-electron chi connectivity index (χ4n) is 3.32. The number of nitrogens with zero attached hydrogens (tertiary/aromatic N) is 2. The van der Waals surface area contributed by atoms with Crippen LogP contribution in [0.25, 0.3) is 0 Å². The predicted molar refractivity (Wildman–Crippen MR) is 104 cm³/mol. The maximum absolute atomic E-state index is 12.8. The highest BCUT2D eigenvalue weighted by Gasteiger charge is 2.34. The van der Waals surface area contributed by atoms with Crippen molar-refractivity contribution in [3.05, 3.63) is 24.3 Å². The van der Waals surface area contributed by atoms with E-state index in [9.17, 15) is 14.4 Å². The van der Waals surface area contributed by atoms with Crippen LogP contribution in [0.15, 0.2) is 24.3 Å². The first-order valence-corrected chi connectivity index (χ1v) is 9.71. The summed E-state index contributed by atoms with van der Waals surface area (Å²) in [4.78, 5) is 40.4. The molecular formula is C20H27N3O6. The number of rotatable bonds is 4. The summed E-state index contributed by atoms with van der Waals surface area (Å²) < 4.78 is 16.1. The molecule has 0 unspecified atom stereocenters. The normalized spacial score (nSPS) is 19.5. The molecule has 158 valence electrons. The van der Waals surface area contributed by atoms with E-state index in [-0.39, 0.29) is 24.5 Å². The van der Waals surface area contributed by atoms with Crippen LogP contribution in [0.1, 0.15) is 13.8 Å². The number of urea groups is 1. The van der Waals surface area contributed by atoms with E-state index in [0.29, 0.717) is 37.7 Å². The average Bonchev–Trinajstić information content (AvgIpc) is 2.75. The van der Waals surface area contributed by atoms with Gasteiger partial charge in [-0.15, -0.1) is 0 Å². The van der Waals surface area contributed by atoms with Crippen LogP contribution in [0.2, 0.25) is 0 Å². The fraction of sp³-hybridized carbons (Fsp3) is 0.550. The van der Waals surface area contributed by atoms with E-state index in [1.165, 1.54) is 7.11 Å². The van der Waals surface area contributed by atoms with Gasteiger partial charge >= 0.3 is 12.0 Å². The Bertz CT molecular complexity index is 760. The number of nitrogens with one attached hydrogen (secondary N) is 1. The van der Waals surface area contributed by atoms with Gasteiger partial charge in [-0.05, 0) is 18.1 Å². The van der Waals surface area contributed by atoms with Crippen molar-refractivity contribution in [2.75, 3.05) is 39.9 Å². The molecule has 1 N–H and O–H groups in total. The molecule has 2 atom stereocenters. The zero-order valence-electron chi connectivity index (χ0n) is 16.9. The third-order valence-electron chi connectivity index (χ3n) is 5.06. The summed E-state index contributed by atoms with van der Waals surface area (Å²) in [6, 6.07) is 6.19. The molecule has 3 amide bonds. The number of hydrogen-bond donors (Lipinski definition) is 1. The summed E-state index contributed by atoms with van der Waals surface area (Å²) in [6.07, 6.45) is -0.699. The fourth-order valence-corrected chi connectivity index (χ4v) is 3.32. The zero-order valence-corrected chi connectivity index (χ0v) is 16.9. The summed E-state index contributed by atoms with van der Waals surface area (Å²) in [7, 11) is 1.30. The van der Waals surface area contributed by atoms with Crippen molar-refractivity contribution >= 4 is 17.9 Å². The largest absolute Gasteiger partial charge is 0.485 e. The SMILES string of the molecule is COC(=O)[C@@H](NC(=O)N1CCN(C(=O)[C@H]2COc3ccccc3O2)CC1)C(C)C. The summed E-state index contributed by atoms with van der Waals surface area (Å²) in [5.41, 5.74) is 0. The van der Waals surface area contributed by atoms with Crippen LogP contribution in [0.5, 0.6) is 11.5 Å². The van der Waals surface area contributed by atoms with Crippen molar-refractivity contribution in [1.82, 2.24) is 15.1 Å². The molecule has 0 aliphatic carbocycles. The van der Waals surface area contributed by atoms with Gasteiger partial charge in [-0.1, -0.05) is 26.0 Å². The molecule has 0 saturated carbocycles. The van der Waals surface area contributed by atoms with Crippen LogP contribution in [-0.4, -0.2) is 79.7 Å². The van der Waals surface area contributed by atoms with Gasteiger partial charge in [-0.25, -0.2) is 9.59 Å². The lowest BCUT2D eigenvalue weighted by Gasteiger charge is -2.37. The standard InChI is InChI=1S/C20H27N3O6/c1-13(2)17(19(25)27-3)21-20(26)23-10-8-22(9-11-23)18(24)16-12-28-14-6-4-5-7-15(14)29-16/h4-7,13,16-17H,8-12H2,1-3H3,(H,21,26)/t16-,17+/m1/s1. The molecule has 1 fully saturated rings. The molecular weight excluding hydrogens is 378 g/mol. The lowest BCUT2D eigenvalue weighted by molar-refractivity contribution is -0.144. The van der Waals surface area contributed by atoms with Crippen LogP contribution in [0.3, 0.4) is 0 Å². The summed E-state index contributed by atoms with van der Waals surface area (Å²) in [5.74, 6) is 0.452. The maximum Gasteiger partial charge on any atom is 0.328 e. The molecule has 1 aromatic carbocycles. The molecule has 0 bridgehead atoms. The van der Waals surface area contributed by atoms with Gasteiger partial charge in [0.2, 0.25) is 6.10 Å². The Balaban J connectivity index is 1.52. The predicted octanol–water partition coefficient (Wildman–Crippen LogP) is 0.878. The van der Waals surface area contributed by atoms with E-state index in [4.69, 9.17) is 14.2 Å². The number of amides is 3. The van der Waals surface area contributed by atoms with Crippen molar-refractivity contribution in [2.24, 2.45) is 5.92 Å². The second-order valence-electron chi connectivity index (χ2n) is 7.37. The monoisotopic (exact) mass is 405 g/mol. The molecule has 0 spiro atoms. The molecule has 2 aliphatic rings. The Morgan fingerprint density at radius 2 is 1.69 bits per heavy atom. The molecule has 3 rings (SSSR count). The second-order valence-corrected chi connectivity index (χ2v) is 7.37. The van der Waals surface area contributed by atoms with Crippen LogP contribution in [0.4, 0.5) is 4.79 Å². The lowest BCUT2D eigenvalue weighted by Crippen LogP contribution is -2.58. The minimum Gasteiger partial charge on any atom is -0.485 e. The zero-order chi connectivity index (χ0) is 21.0. The summed E-state index contributed by atoms with van der Waals surface area (Å²) in [6.45, 7) is 5.34. The Hall–Kier alpha value is -2.97. The number of ether oxygens (including phenoxy) is 3. The van der Waals surface area contributed by atoms with Gasteiger partial charge in [0, 0.05) is 26.2 Å². The molecule has 2 aliphatic heterocycles. The number of piperazine rings is 1. The number of carbonyl (C=O) groups is 3. The number of carbonyl (C=O) groups excluding carboxylic acids is 3. The number of methoxy groups -OCH3 is 1. The van der Waals surface area contributed by atoms with Gasteiger partial charge in [-0.3, -0.25) is 4.79 Å². The highest BCUT2D eigenvalue weighted by atomic mass is 16.6. The third-order valence-corrected chi connectivity index (χ3v) is 5.06. The molecule has 1 saturated heterocycles. The third kappa shape index (κ3) is 4.72. The van der Waals surface area contributed by atoms with E-state index < -0.39 is 18.1 Å². The van der Waals surface area contributed by atoms with Crippen molar-refractivity contribution < 1.29 is 28.6 Å². The van der Waals surface area contributed by atoms with Gasteiger partial charge in [0.15, 0.2) is 11.5 Å². The first kappa shape index (κ1) is 20.8.